The molecule has 2 N–H and O–H groups in total. The van der Waals surface area contributed by atoms with Crippen LogP contribution < -0.4 is 5.73 Å². The van der Waals surface area contributed by atoms with Gasteiger partial charge in [0.15, 0.2) is 17.0 Å². The highest BCUT2D eigenvalue weighted by Gasteiger charge is 2.35. The molecule has 0 aliphatic carbocycles. The van der Waals surface area contributed by atoms with E-state index < -0.39 is 11.9 Å². The van der Waals surface area contributed by atoms with E-state index >= 15 is 0 Å². The molecule has 0 fully saturated rings. The van der Waals surface area contributed by atoms with Crippen LogP contribution in [-0.4, -0.2) is 24.7 Å². The first kappa shape index (κ1) is 21.8. The molecule has 3 aromatic carbocycles. The molecule has 0 unspecified atom stereocenters. The maximum Gasteiger partial charge on any atom is 0.433 e. The SMILES string of the molecule is Cc1c(N)cccc1-c1noc(-c2cc3nc(-c4ccc5ccccc5c4)cc(C(F)(F)F)n3n2)n1. The zero-order chi connectivity index (χ0) is 25.0. The average Bonchev–Trinajstić information content (AvgIpc) is 3.51. The molecule has 3 aromatic heterocycles. The number of benzene rings is 3. The monoisotopic (exact) mass is 486 g/mol. The summed E-state index contributed by atoms with van der Waals surface area (Å²) in [5, 5.41) is 9.94. The van der Waals surface area contributed by atoms with E-state index in [1.807, 2.05) is 43.3 Å². The summed E-state index contributed by atoms with van der Waals surface area (Å²) in [4.78, 5) is 8.79. The standard InChI is InChI=1S/C26H17F3N6O/c1-14-18(7-4-8-19(14)30)24-32-25(36-34-24)21-13-23-31-20(12-22(26(27,28)29)35(23)33-21)17-10-9-15-5-2-3-6-16(15)11-17/h2-13H,30H2,1H3. The Morgan fingerprint density at radius 3 is 2.47 bits per heavy atom. The molecule has 3 heterocycles. The maximum absolute atomic E-state index is 14.0. The highest BCUT2D eigenvalue weighted by Crippen LogP contribution is 2.34. The normalized spacial score (nSPS) is 12.0. The summed E-state index contributed by atoms with van der Waals surface area (Å²) >= 11 is 0. The smallest absolute Gasteiger partial charge is 0.398 e. The Kier molecular flexibility index (Phi) is 4.78. The van der Waals surface area contributed by atoms with E-state index in [4.69, 9.17) is 10.3 Å². The fourth-order valence-electron chi connectivity index (χ4n) is 4.11. The van der Waals surface area contributed by atoms with Gasteiger partial charge in [0.25, 0.3) is 5.89 Å². The third-order valence-electron chi connectivity index (χ3n) is 6.02. The number of anilines is 1. The Morgan fingerprint density at radius 2 is 1.67 bits per heavy atom. The third kappa shape index (κ3) is 3.63. The lowest BCUT2D eigenvalue weighted by Gasteiger charge is -2.11. The molecular weight excluding hydrogens is 469 g/mol. The van der Waals surface area contributed by atoms with E-state index in [0.29, 0.717) is 16.8 Å². The van der Waals surface area contributed by atoms with Crippen LogP contribution in [0.5, 0.6) is 0 Å². The van der Waals surface area contributed by atoms with Crippen molar-refractivity contribution in [3.8, 4) is 34.2 Å². The number of nitrogen functional groups attached to an aromatic ring is 1. The van der Waals surface area contributed by atoms with Gasteiger partial charge in [-0.25, -0.2) is 9.50 Å². The number of nitrogens with zero attached hydrogens (tertiary/aromatic N) is 5. The van der Waals surface area contributed by atoms with Crippen molar-refractivity contribution in [2.24, 2.45) is 0 Å². The van der Waals surface area contributed by atoms with Crippen molar-refractivity contribution in [1.29, 1.82) is 0 Å². The van der Waals surface area contributed by atoms with Gasteiger partial charge in [-0.3, -0.25) is 0 Å². The van der Waals surface area contributed by atoms with Gasteiger partial charge in [0.1, 0.15) is 0 Å². The number of alkyl halides is 3. The van der Waals surface area contributed by atoms with Crippen LogP contribution in [0.3, 0.4) is 0 Å². The molecule has 0 bridgehead atoms. The zero-order valence-corrected chi connectivity index (χ0v) is 18.8. The lowest BCUT2D eigenvalue weighted by Crippen LogP contribution is -2.13. The predicted molar refractivity (Wildman–Crippen MR) is 129 cm³/mol. The predicted octanol–water partition coefficient (Wildman–Crippen LogP) is 6.18. The van der Waals surface area contributed by atoms with Crippen molar-refractivity contribution in [3.63, 3.8) is 0 Å². The van der Waals surface area contributed by atoms with Crippen LogP contribution in [0.15, 0.2) is 77.3 Å². The van der Waals surface area contributed by atoms with Gasteiger partial charge in [-0.05, 0) is 41.5 Å². The summed E-state index contributed by atoms with van der Waals surface area (Å²) in [5.74, 6) is 0.227. The fraction of sp³-hybridized carbons (Fsp3) is 0.0769. The first-order valence-electron chi connectivity index (χ1n) is 10.9. The van der Waals surface area contributed by atoms with Crippen LogP contribution in [0.25, 0.3) is 50.6 Å². The fourth-order valence-corrected chi connectivity index (χ4v) is 4.11. The number of hydrogen-bond donors (Lipinski definition) is 1. The number of hydrogen-bond acceptors (Lipinski definition) is 6. The van der Waals surface area contributed by atoms with Gasteiger partial charge in [-0.1, -0.05) is 53.7 Å². The highest BCUT2D eigenvalue weighted by molar-refractivity contribution is 5.87. The summed E-state index contributed by atoms with van der Waals surface area (Å²) in [6.45, 7) is 1.82. The Labute approximate surface area is 202 Å². The number of nitrogens with two attached hydrogens (primary N) is 1. The van der Waals surface area contributed by atoms with E-state index in [1.54, 1.807) is 24.3 Å². The van der Waals surface area contributed by atoms with Gasteiger partial charge in [-0.15, -0.1) is 0 Å². The molecule has 0 atom stereocenters. The van der Waals surface area contributed by atoms with Crippen LogP contribution in [0.4, 0.5) is 18.9 Å². The summed E-state index contributed by atoms with van der Waals surface area (Å²) in [7, 11) is 0. The van der Waals surface area contributed by atoms with E-state index in [-0.39, 0.29) is 28.8 Å². The minimum Gasteiger partial charge on any atom is -0.398 e. The number of rotatable bonds is 3. The van der Waals surface area contributed by atoms with Crippen molar-refractivity contribution in [2.75, 3.05) is 5.73 Å². The quantitative estimate of drug-likeness (QED) is 0.300. The number of aromatic nitrogens is 5. The van der Waals surface area contributed by atoms with Crippen molar-refractivity contribution in [2.45, 2.75) is 13.1 Å². The van der Waals surface area contributed by atoms with Gasteiger partial charge < -0.3 is 10.3 Å². The van der Waals surface area contributed by atoms with Gasteiger partial charge in [0.2, 0.25) is 5.82 Å². The van der Waals surface area contributed by atoms with E-state index in [1.165, 1.54) is 6.07 Å². The van der Waals surface area contributed by atoms with E-state index in [0.717, 1.165) is 26.9 Å². The minimum atomic E-state index is -4.67. The molecule has 0 radical (unpaired) electrons. The molecule has 0 spiro atoms. The van der Waals surface area contributed by atoms with Gasteiger partial charge in [-0.2, -0.15) is 23.3 Å². The Hall–Kier alpha value is -4.73. The number of fused-ring (bicyclic) bond motifs is 2. The molecule has 0 saturated carbocycles. The van der Waals surface area contributed by atoms with Crippen molar-refractivity contribution >= 4 is 22.1 Å². The van der Waals surface area contributed by atoms with Gasteiger partial charge >= 0.3 is 6.18 Å². The molecule has 178 valence electrons. The summed E-state index contributed by atoms with van der Waals surface area (Å²) < 4.78 is 48.2. The lowest BCUT2D eigenvalue weighted by atomic mass is 10.0. The summed E-state index contributed by atoms with van der Waals surface area (Å²) in [5.41, 5.74) is 7.78. The van der Waals surface area contributed by atoms with Crippen molar-refractivity contribution in [1.82, 2.24) is 24.7 Å². The molecule has 0 aliphatic heterocycles. The molecule has 0 saturated heterocycles. The van der Waals surface area contributed by atoms with Crippen LogP contribution in [0.2, 0.25) is 0 Å². The maximum atomic E-state index is 14.0. The number of halogens is 3. The van der Waals surface area contributed by atoms with Gasteiger partial charge in [0, 0.05) is 22.9 Å². The Bertz CT molecular complexity index is 1770. The van der Waals surface area contributed by atoms with Crippen LogP contribution >= 0.6 is 0 Å². The Balaban J connectivity index is 1.48. The first-order chi connectivity index (χ1) is 17.3. The molecule has 6 aromatic rings. The second-order valence-corrected chi connectivity index (χ2v) is 8.33. The summed E-state index contributed by atoms with van der Waals surface area (Å²) in [6.07, 6.45) is -4.67. The molecule has 6 rings (SSSR count). The second kappa shape index (κ2) is 7.91. The van der Waals surface area contributed by atoms with Crippen molar-refractivity contribution < 1.29 is 17.7 Å². The molecule has 0 amide bonds. The molecule has 7 nitrogen and oxygen atoms in total. The van der Waals surface area contributed by atoms with Crippen LogP contribution in [0, 0.1) is 6.92 Å². The largest absolute Gasteiger partial charge is 0.433 e. The van der Waals surface area contributed by atoms with E-state index in [2.05, 4.69) is 20.2 Å². The zero-order valence-electron chi connectivity index (χ0n) is 18.8. The average molecular weight is 486 g/mol. The minimum absolute atomic E-state index is 0.00266. The highest BCUT2D eigenvalue weighted by atomic mass is 19.4. The van der Waals surface area contributed by atoms with E-state index in [9.17, 15) is 13.2 Å². The van der Waals surface area contributed by atoms with Crippen LogP contribution in [-0.2, 0) is 6.18 Å². The molecule has 36 heavy (non-hydrogen) atoms. The first-order valence-corrected chi connectivity index (χ1v) is 10.9. The Morgan fingerprint density at radius 1 is 0.861 bits per heavy atom. The topological polar surface area (TPSA) is 95.1 Å². The third-order valence-corrected chi connectivity index (χ3v) is 6.02. The van der Waals surface area contributed by atoms with Crippen molar-refractivity contribution in [3.05, 3.63) is 84.1 Å². The van der Waals surface area contributed by atoms with Crippen LogP contribution in [0.1, 0.15) is 11.3 Å². The summed E-state index contributed by atoms with van der Waals surface area (Å²) in [6, 6.07) is 20.7. The molecular formula is C26H17F3N6O. The molecule has 0 aliphatic rings. The second-order valence-electron chi connectivity index (χ2n) is 8.33. The molecule has 10 heteroatoms. The lowest BCUT2D eigenvalue weighted by molar-refractivity contribution is -0.142. The van der Waals surface area contributed by atoms with Gasteiger partial charge in [0.05, 0.1) is 5.69 Å².